The molecule has 10 heteroatoms. The molecule has 2 amide bonds. The van der Waals surface area contributed by atoms with Gasteiger partial charge in [-0.1, -0.05) is 60.2 Å². The van der Waals surface area contributed by atoms with Crippen LogP contribution < -0.4 is 19.1 Å². The first kappa shape index (κ1) is 29.9. The number of carbonyl (C=O) groups is 2. The van der Waals surface area contributed by atoms with Crippen molar-refractivity contribution in [3.05, 3.63) is 89.5 Å². The summed E-state index contributed by atoms with van der Waals surface area (Å²) in [7, 11) is -3.89. The maximum absolute atomic E-state index is 14.2. The van der Waals surface area contributed by atoms with Crippen LogP contribution in [0.4, 0.5) is 5.69 Å². The van der Waals surface area contributed by atoms with Crippen LogP contribution in [-0.4, -0.2) is 56.3 Å². The van der Waals surface area contributed by atoms with E-state index in [1.807, 2.05) is 82.3 Å². The van der Waals surface area contributed by atoms with Crippen LogP contribution in [-0.2, 0) is 32.6 Å². The lowest BCUT2D eigenvalue weighted by molar-refractivity contribution is -0.140. The highest BCUT2D eigenvalue weighted by molar-refractivity contribution is 7.92. The molecule has 41 heavy (non-hydrogen) atoms. The molecule has 1 atom stereocenters. The van der Waals surface area contributed by atoms with Gasteiger partial charge in [-0.05, 0) is 51.0 Å². The van der Waals surface area contributed by atoms with E-state index in [1.165, 1.54) is 11.0 Å². The van der Waals surface area contributed by atoms with E-state index in [0.717, 1.165) is 27.3 Å². The Morgan fingerprint density at radius 2 is 1.61 bits per heavy atom. The molecule has 3 aromatic rings. The van der Waals surface area contributed by atoms with Crippen LogP contribution in [0, 0.1) is 6.92 Å². The third kappa shape index (κ3) is 8.00. The molecule has 0 unspecified atom stereocenters. The van der Waals surface area contributed by atoms with Crippen molar-refractivity contribution >= 4 is 27.5 Å². The molecule has 0 aliphatic carbocycles. The third-order valence-corrected chi connectivity index (χ3v) is 7.67. The molecule has 1 heterocycles. The van der Waals surface area contributed by atoms with Gasteiger partial charge in [-0.25, -0.2) is 8.42 Å². The van der Waals surface area contributed by atoms with Crippen LogP contribution in [0.25, 0.3) is 0 Å². The van der Waals surface area contributed by atoms with Gasteiger partial charge < -0.3 is 19.7 Å². The Morgan fingerprint density at radius 3 is 2.27 bits per heavy atom. The third-order valence-electron chi connectivity index (χ3n) is 6.53. The number of carbonyl (C=O) groups excluding carboxylic acids is 2. The van der Waals surface area contributed by atoms with Crippen molar-refractivity contribution in [3.8, 4) is 11.5 Å². The molecule has 0 saturated heterocycles. The summed E-state index contributed by atoms with van der Waals surface area (Å²) < 4.78 is 37.8. The molecule has 0 fully saturated rings. The van der Waals surface area contributed by atoms with Gasteiger partial charge in [-0.2, -0.15) is 0 Å². The van der Waals surface area contributed by atoms with Crippen molar-refractivity contribution in [3.63, 3.8) is 0 Å². The van der Waals surface area contributed by atoms with Crippen LogP contribution >= 0.6 is 0 Å². The van der Waals surface area contributed by atoms with Crippen LogP contribution in [0.2, 0.25) is 0 Å². The summed E-state index contributed by atoms with van der Waals surface area (Å²) in [6.45, 7) is 7.23. The van der Waals surface area contributed by atoms with Gasteiger partial charge >= 0.3 is 0 Å². The Balaban J connectivity index is 1.74. The van der Waals surface area contributed by atoms with Gasteiger partial charge in [-0.3, -0.25) is 13.9 Å². The van der Waals surface area contributed by atoms with Gasteiger partial charge in [0.25, 0.3) is 0 Å². The first-order chi connectivity index (χ1) is 19.3. The number of hydrogen-bond acceptors (Lipinski definition) is 6. The highest BCUT2D eigenvalue weighted by Gasteiger charge is 2.34. The van der Waals surface area contributed by atoms with Crippen molar-refractivity contribution in [2.75, 3.05) is 23.9 Å². The Hall–Kier alpha value is -4.05. The highest BCUT2D eigenvalue weighted by Crippen LogP contribution is 2.36. The topological polar surface area (TPSA) is 105 Å². The summed E-state index contributed by atoms with van der Waals surface area (Å²) in [5, 5.41) is 3.02. The van der Waals surface area contributed by atoms with Gasteiger partial charge in [0.2, 0.25) is 28.6 Å². The average molecular weight is 580 g/mol. The highest BCUT2D eigenvalue weighted by atomic mass is 32.2. The lowest BCUT2D eigenvalue weighted by Crippen LogP contribution is -2.56. The van der Waals surface area contributed by atoms with Crippen molar-refractivity contribution in [2.45, 2.75) is 52.2 Å². The first-order valence-electron chi connectivity index (χ1n) is 13.4. The van der Waals surface area contributed by atoms with E-state index in [4.69, 9.17) is 9.47 Å². The quantitative estimate of drug-likeness (QED) is 0.389. The van der Waals surface area contributed by atoms with Crippen LogP contribution in [0.1, 0.15) is 37.5 Å². The summed E-state index contributed by atoms with van der Waals surface area (Å²) >= 11 is 0. The predicted molar refractivity (Wildman–Crippen MR) is 158 cm³/mol. The largest absolute Gasteiger partial charge is 0.454 e. The average Bonchev–Trinajstić information content (AvgIpc) is 3.36. The van der Waals surface area contributed by atoms with Gasteiger partial charge in [0.15, 0.2) is 11.5 Å². The summed E-state index contributed by atoms with van der Waals surface area (Å²) in [5.41, 5.74) is 2.43. The molecule has 0 spiro atoms. The predicted octanol–water partition coefficient (Wildman–Crippen LogP) is 4.04. The molecule has 0 radical (unpaired) electrons. The molecule has 0 aromatic heterocycles. The Labute approximate surface area is 242 Å². The fraction of sp³-hybridized carbons (Fsp3) is 0.355. The van der Waals surface area contributed by atoms with E-state index < -0.39 is 34.1 Å². The normalized spacial score (nSPS) is 13.4. The number of nitrogens with zero attached hydrogens (tertiary/aromatic N) is 2. The van der Waals surface area contributed by atoms with E-state index in [9.17, 15) is 18.0 Å². The zero-order valence-corrected chi connectivity index (χ0v) is 24.9. The van der Waals surface area contributed by atoms with Gasteiger partial charge in [-0.15, -0.1) is 0 Å². The number of nitrogens with one attached hydrogen (secondary N) is 1. The zero-order chi connectivity index (χ0) is 29.8. The summed E-state index contributed by atoms with van der Waals surface area (Å²) in [6, 6.07) is 21.0. The number of hydrogen-bond donors (Lipinski definition) is 1. The van der Waals surface area contributed by atoms with Crippen LogP contribution in [0.15, 0.2) is 72.8 Å². The number of rotatable bonds is 10. The second-order valence-corrected chi connectivity index (χ2v) is 13.2. The number of aryl methyl sites for hydroxylation is 1. The first-order valence-corrected chi connectivity index (χ1v) is 15.2. The minimum absolute atomic E-state index is 0.0327. The number of benzene rings is 3. The minimum atomic E-state index is -3.89. The molecule has 4 rings (SSSR count). The van der Waals surface area contributed by atoms with E-state index in [2.05, 4.69) is 5.32 Å². The van der Waals surface area contributed by atoms with E-state index in [-0.39, 0.29) is 31.4 Å². The van der Waals surface area contributed by atoms with Crippen molar-refractivity contribution < 1.29 is 27.5 Å². The number of anilines is 1. The molecular formula is C31H37N3O6S. The van der Waals surface area contributed by atoms with E-state index in [1.54, 1.807) is 12.1 Å². The minimum Gasteiger partial charge on any atom is -0.454 e. The van der Waals surface area contributed by atoms with Crippen LogP contribution in [0.5, 0.6) is 11.5 Å². The second kappa shape index (κ2) is 12.2. The Kier molecular flexibility index (Phi) is 8.92. The molecule has 1 aliphatic rings. The standard InChI is InChI=1S/C31H37N3O6S/c1-22-10-9-13-24(16-22)19-33(26(30(36)32-31(2,3)4)17-23-11-7-6-8-12-23)29(35)20-34(41(5,37)38)25-14-15-27-28(18-25)40-21-39-27/h6-16,18,26H,17,19-21H2,1-5H3,(H,32,36)/t26-/m1/s1. The number of fused-ring (bicyclic) bond motifs is 1. The molecule has 9 nitrogen and oxygen atoms in total. The number of amides is 2. The van der Waals surface area contributed by atoms with E-state index in [0.29, 0.717) is 11.5 Å². The molecule has 1 N–H and O–H groups in total. The molecule has 218 valence electrons. The lowest BCUT2D eigenvalue weighted by atomic mass is 10.0. The number of ether oxygens (including phenoxy) is 2. The maximum atomic E-state index is 14.2. The van der Waals surface area contributed by atoms with Gasteiger partial charge in [0.1, 0.15) is 12.6 Å². The molecular weight excluding hydrogens is 542 g/mol. The van der Waals surface area contributed by atoms with Crippen molar-refractivity contribution in [1.29, 1.82) is 0 Å². The number of sulfonamides is 1. The SMILES string of the molecule is Cc1cccc(CN(C(=O)CN(c2ccc3c(c2)OCO3)S(C)(=O)=O)[C@H](Cc2ccccc2)C(=O)NC(C)(C)C)c1. The van der Waals surface area contributed by atoms with Gasteiger partial charge in [0.05, 0.1) is 11.9 Å². The van der Waals surface area contributed by atoms with Crippen LogP contribution in [0.3, 0.4) is 0 Å². The molecule has 1 aliphatic heterocycles. The maximum Gasteiger partial charge on any atom is 0.244 e. The summed E-state index contributed by atoms with van der Waals surface area (Å²) in [5.74, 6) is 0.0547. The smallest absolute Gasteiger partial charge is 0.244 e. The van der Waals surface area contributed by atoms with Crippen molar-refractivity contribution in [2.24, 2.45) is 0 Å². The molecule has 3 aromatic carbocycles. The summed E-state index contributed by atoms with van der Waals surface area (Å²) in [6.07, 6.45) is 1.30. The van der Waals surface area contributed by atoms with E-state index >= 15 is 0 Å². The second-order valence-electron chi connectivity index (χ2n) is 11.3. The fourth-order valence-electron chi connectivity index (χ4n) is 4.67. The Bertz CT molecular complexity index is 1500. The fourth-order valence-corrected chi connectivity index (χ4v) is 5.51. The van der Waals surface area contributed by atoms with Gasteiger partial charge in [0, 0.05) is 24.6 Å². The summed E-state index contributed by atoms with van der Waals surface area (Å²) in [4.78, 5) is 29.4. The zero-order valence-electron chi connectivity index (χ0n) is 24.1. The molecule has 0 saturated carbocycles. The Morgan fingerprint density at radius 1 is 0.927 bits per heavy atom. The van der Waals surface area contributed by atoms with Crippen molar-refractivity contribution in [1.82, 2.24) is 10.2 Å². The monoisotopic (exact) mass is 579 g/mol. The lowest BCUT2D eigenvalue weighted by Gasteiger charge is -2.35. The molecule has 0 bridgehead atoms.